The van der Waals surface area contributed by atoms with Crippen LogP contribution in [0, 0.1) is 0 Å². The van der Waals surface area contributed by atoms with E-state index < -0.39 is 6.10 Å². The molecule has 0 rings (SSSR count). The highest BCUT2D eigenvalue weighted by molar-refractivity contribution is 5.71. The second-order valence-corrected chi connectivity index (χ2v) is 19.6. The zero-order valence-corrected chi connectivity index (χ0v) is 45.1. The minimum atomic E-state index is -0.786. The quantitative estimate of drug-likeness (QED) is 0.0262. The molecule has 0 unspecified atom stereocenters. The normalized spacial score (nSPS) is 12.5. The van der Waals surface area contributed by atoms with Gasteiger partial charge < -0.3 is 14.2 Å². The third kappa shape index (κ3) is 54.1. The monoisotopic (exact) mass is 951 g/mol. The van der Waals surface area contributed by atoms with E-state index in [1.165, 1.54) is 167 Å². The predicted octanol–water partition coefficient (Wildman–Crippen LogP) is 19.6. The van der Waals surface area contributed by atoms with Crippen LogP contribution in [0.4, 0.5) is 0 Å². The second-order valence-electron chi connectivity index (χ2n) is 19.6. The number of carbonyl (C=O) groups is 3. The Kier molecular flexibility index (Phi) is 54.3. The molecule has 0 saturated carbocycles. The van der Waals surface area contributed by atoms with Crippen molar-refractivity contribution in [3.63, 3.8) is 0 Å². The van der Waals surface area contributed by atoms with E-state index in [1.807, 2.05) is 0 Å². The molecular weight excluding hydrogens is 841 g/mol. The van der Waals surface area contributed by atoms with Crippen LogP contribution in [0.1, 0.15) is 297 Å². The molecule has 0 fully saturated rings. The molecular formula is C62H110O6. The van der Waals surface area contributed by atoms with Gasteiger partial charge in [0.15, 0.2) is 6.10 Å². The van der Waals surface area contributed by atoms with Gasteiger partial charge in [-0.1, -0.05) is 248 Å². The van der Waals surface area contributed by atoms with E-state index in [2.05, 4.69) is 81.5 Å². The summed E-state index contributed by atoms with van der Waals surface area (Å²) in [5.74, 6) is -0.895. The summed E-state index contributed by atoms with van der Waals surface area (Å²) in [6.45, 7) is 6.59. The van der Waals surface area contributed by atoms with Gasteiger partial charge in [-0.25, -0.2) is 0 Å². The van der Waals surface area contributed by atoms with Crippen LogP contribution in [0.2, 0.25) is 0 Å². The molecule has 0 heterocycles. The van der Waals surface area contributed by atoms with E-state index in [1.54, 1.807) is 0 Å². The van der Waals surface area contributed by atoms with Crippen molar-refractivity contribution in [2.45, 2.75) is 303 Å². The largest absolute Gasteiger partial charge is 0.462 e. The first kappa shape index (κ1) is 65.1. The Balaban J connectivity index is 4.39. The lowest BCUT2D eigenvalue weighted by atomic mass is 10.0. The van der Waals surface area contributed by atoms with Gasteiger partial charge in [0.25, 0.3) is 0 Å². The first-order valence-corrected chi connectivity index (χ1v) is 29.3. The van der Waals surface area contributed by atoms with E-state index in [-0.39, 0.29) is 31.1 Å². The van der Waals surface area contributed by atoms with Crippen LogP contribution >= 0.6 is 0 Å². The van der Waals surface area contributed by atoms with Crippen molar-refractivity contribution in [3.05, 3.63) is 60.8 Å². The smallest absolute Gasteiger partial charge is 0.306 e. The van der Waals surface area contributed by atoms with Crippen molar-refractivity contribution in [1.82, 2.24) is 0 Å². The molecule has 0 aromatic carbocycles. The number of allylic oxidation sites excluding steroid dienone is 10. The minimum absolute atomic E-state index is 0.0821. The summed E-state index contributed by atoms with van der Waals surface area (Å²) in [6.07, 6.45) is 70.6. The highest BCUT2D eigenvalue weighted by Crippen LogP contribution is 2.16. The van der Waals surface area contributed by atoms with Crippen LogP contribution < -0.4 is 0 Å². The Morgan fingerprint density at radius 3 is 0.853 bits per heavy atom. The van der Waals surface area contributed by atoms with E-state index in [4.69, 9.17) is 14.2 Å². The number of rotatable bonds is 53. The molecule has 0 spiro atoms. The van der Waals surface area contributed by atoms with Crippen molar-refractivity contribution in [2.75, 3.05) is 13.2 Å². The zero-order valence-electron chi connectivity index (χ0n) is 45.1. The van der Waals surface area contributed by atoms with E-state index in [0.717, 1.165) is 89.9 Å². The number of esters is 3. The standard InChI is InChI=1S/C62H110O6/c1-4-7-10-13-16-19-22-25-28-30-31-33-34-37-40-43-46-49-52-55-61(64)67-58-59(57-66-60(63)54-51-48-45-42-39-36-27-24-21-18-15-12-9-6-3)68-62(65)56-53-50-47-44-41-38-35-32-29-26-23-20-17-14-11-8-5-2/h16-17,19-20,25-26,28-29,35,38,59H,4-15,18,21-24,27,30-34,36-37,39-58H2,1-3H3/b19-16+,20-17+,28-25+,29-26+,38-35+/t59-/m1/s1. The van der Waals surface area contributed by atoms with Crippen molar-refractivity contribution in [3.8, 4) is 0 Å². The molecule has 0 radical (unpaired) electrons. The average molecular weight is 952 g/mol. The van der Waals surface area contributed by atoms with Gasteiger partial charge in [-0.3, -0.25) is 14.4 Å². The molecule has 0 amide bonds. The molecule has 0 aromatic heterocycles. The van der Waals surface area contributed by atoms with Crippen molar-refractivity contribution < 1.29 is 28.6 Å². The van der Waals surface area contributed by atoms with Gasteiger partial charge >= 0.3 is 17.9 Å². The van der Waals surface area contributed by atoms with Crippen LogP contribution in [0.5, 0.6) is 0 Å². The summed E-state index contributed by atoms with van der Waals surface area (Å²) < 4.78 is 16.9. The molecule has 68 heavy (non-hydrogen) atoms. The third-order valence-corrected chi connectivity index (χ3v) is 12.7. The van der Waals surface area contributed by atoms with Gasteiger partial charge in [-0.05, 0) is 89.9 Å². The fourth-order valence-electron chi connectivity index (χ4n) is 8.30. The van der Waals surface area contributed by atoms with Crippen LogP contribution in [-0.4, -0.2) is 37.2 Å². The van der Waals surface area contributed by atoms with Crippen LogP contribution in [0.3, 0.4) is 0 Å². The molecule has 0 saturated heterocycles. The summed E-state index contributed by atoms with van der Waals surface area (Å²) in [6, 6.07) is 0. The first-order valence-electron chi connectivity index (χ1n) is 29.3. The number of hydrogen-bond acceptors (Lipinski definition) is 6. The fraction of sp³-hybridized carbons (Fsp3) is 0.790. The second kappa shape index (κ2) is 56.7. The van der Waals surface area contributed by atoms with Crippen LogP contribution in [0.15, 0.2) is 60.8 Å². The summed E-state index contributed by atoms with van der Waals surface area (Å²) in [7, 11) is 0. The number of ether oxygens (including phenoxy) is 3. The molecule has 394 valence electrons. The lowest BCUT2D eigenvalue weighted by Gasteiger charge is -2.18. The topological polar surface area (TPSA) is 78.9 Å². The first-order chi connectivity index (χ1) is 33.5. The molecule has 0 N–H and O–H groups in total. The summed E-state index contributed by atoms with van der Waals surface area (Å²) in [5, 5.41) is 0. The summed E-state index contributed by atoms with van der Waals surface area (Å²) >= 11 is 0. The average Bonchev–Trinajstić information content (AvgIpc) is 3.34. The van der Waals surface area contributed by atoms with Gasteiger partial charge in [0.2, 0.25) is 0 Å². The van der Waals surface area contributed by atoms with Gasteiger partial charge in [0, 0.05) is 19.3 Å². The Bertz CT molecular complexity index is 1230. The molecule has 1 atom stereocenters. The van der Waals surface area contributed by atoms with Gasteiger partial charge in [0.05, 0.1) is 0 Å². The maximum Gasteiger partial charge on any atom is 0.306 e. The van der Waals surface area contributed by atoms with Gasteiger partial charge in [-0.15, -0.1) is 0 Å². The van der Waals surface area contributed by atoms with E-state index >= 15 is 0 Å². The summed E-state index contributed by atoms with van der Waals surface area (Å²) in [5.41, 5.74) is 0. The van der Waals surface area contributed by atoms with E-state index in [0.29, 0.717) is 19.3 Å². The fourth-order valence-corrected chi connectivity index (χ4v) is 8.30. The zero-order chi connectivity index (χ0) is 49.3. The van der Waals surface area contributed by atoms with Crippen LogP contribution in [-0.2, 0) is 28.6 Å². The number of unbranched alkanes of at least 4 members (excludes halogenated alkanes) is 32. The summed E-state index contributed by atoms with van der Waals surface area (Å²) in [4.78, 5) is 38.2. The Morgan fingerprint density at radius 1 is 0.294 bits per heavy atom. The SMILES string of the molecule is CCCCC/C=C/C/C=C/C/C=C/CCCCCCC(=O)O[C@@H](COC(=O)CCCCCCCCCCC/C=C/C/C=C/CCCCC)COC(=O)CCCCCCCCCCCCCCCC. The third-order valence-electron chi connectivity index (χ3n) is 12.7. The molecule has 6 nitrogen and oxygen atoms in total. The Morgan fingerprint density at radius 2 is 0.529 bits per heavy atom. The maximum absolute atomic E-state index is 12.9. The Labute approximate surface area is 421 Å². The molecule has 0 aliphatic heterocycles. The lowest BCUT2D eigenvalue weighted by Crippen LogP contribution is -2.30. The predicted molar refractivity (Wildman–Crippen MR) is 293 cm³/mol. The number of carbonyl (C=O) groups excluding carboxylic acids is 3. The van der Waals surface area contributed by atoms with Crippen molar-refractivity contribution in [1.29, 1.82) is 0 Å². The maximum atomic E-state index is 12.9. The Hall–Kier alpha value is -2.89. The highest BCUT2D eigenvalue weighted by Gasteiger charge is 2.19. The highest BCUT2D eigenvalue weighted by atomic mass is 16.6. The molecule has 6 heteroatoms. The minimum Gasteiger partial charge on any atom is -0.462 e. The van der Waals surface area contributed by atoms with Crippen molar-refractivity contribution >= 4 is 17.9 Å². The van der Waals surface area contributed by atoms with Crippen LogP contribution in [0.25, 0.3) is 0 Å². The molecule has 0 aromatic rings. The molecule has 0 bridgehead atoms. The number of hydrogen-bond donors (Lipinski definition) is 0. The van der Waals surface area contributed by atoms with Gasteiger partial charge in [0.1, 0.15) is 13.2 Å². The van der Waals surface area contributed by atoms with E-state index in [9.17, 15) is 14.4 Å². The molecule has 0 aliphatic rings. The molecule has 0 aliphatic carbocycles. The van der Waals surface area contributed by atoms with Gasteiger partial charge in [-0.2, -0.15) is 0 Å². The lowest BCUT2D eigenvalue weighted by molar-refractivity contribution is -0.167. The van der Waals surface area contributed by atoms with Crippen molar-refractivity contribution in [2.24, 2.45) is 0 Å².